The van der Waals surface area contributed by atoms with Crippen molar-refractivity contribution in [2.75, 3.05) is 13.7 Å². The van der Waals surface area contributed by atoms with Crippen LogP contribution in [-0.4, -0.2) is 29.8 Å². The normalized spacial score (nSPS) is 10.9. The number of aromatic amines is 1. The molecule has 0 saturated carbocycles. The van der Waals surface area contributed by atoms with Gasteiger partial charge in [-0.1, -0.05) is 0 Å². The van der Waals surface area contributed by atoms with E-state index in [-0.39, 0.29) is 0 Å². The van der Waals surface area contributed by atoms with E-state index in [0.717, 1.165) is 33.5 Å². The Kier molecular flexibility index (Phi) is 6.43. The second kappa shape index (κ2) is 9.26. The zero-order valence-corrected chi connectivity index (χ0v) is 20.4. The van der Waals surface area contributed by atoms with Crippen LogP contribution >= 0.6 is 31.9 Å². The van der Waals surface area contributed by atoms with Gasteiger partial charge in [0.1, 0.15) is 17.2 Å². The average Bonchev–Trinajstić information content (AvgIpc) is 3.11. The van der Waals surface area contributed by atoms with Crippen LogP contribution in [0, 0.1) is 6.92 Å². The van der Waals surface area contributed by atoms with Crippen molar-refractivity contribution in [3.05, 3.63) is 69.1 Å². The number of hydrogen-bond donors (Lipinski definition) is 2. The molecule has 0 aliphatic rings. The first-order valence-corrected chi connectivity index (χ1v) is 11.2. The first kappa shape index (κ1) is 22.2. The summed E-state index contributed by atoms with van der Waals surface area (Å²) in [5, 5.41) is 9.85. The van der Waals surface area contributed by atoms with Gasteiger partial charge >= 0.3 is 5.97 Å². The predicted molar refractivity (Wildman–Crippen MR) is 130 cm³/mol. The molecule has 0 spiro atoms. The molecule has 6 nitrogen and oxygen atoms in total. The minimum absolute atomic E-state index is 0.416. The van der Waals surface area contributed by atoms with Crippen LogP contribution < -0.4 is 14.2 Å². The fourth-order valence-electron chi connectivity index (χ4n) is 3.40. The summed E-state index contributed by atoms with van der Waals surface area (Å²) in [6.07, 6.45) is 0. The van der Waals surface area contributed by atoms with Crippen LogP contribution in [0.25, 0.3) is 22.2 Å². The fourth-order valence-corrected chi connectivity index (χ4v) is 4.70. The molecular weight excluding hydrogens is 542 g/mol. The summed E-state index contributed by atoms with van der Waals surface area (Å²) < 4.78 is 17.9. The van der Waals surface area contributed by atoms with Crippen molar-refractivity contribution in [1.29, 1.82) is 0 Å². The third-order valence-corrected chi connectivity index (χ3v) is 6.14. The molecule has 0 amide bonds. The molecule has 1 heterocycles. The topological polar surface area (TPSA) is 80.8 Å². The maximum atomic E-state index is 10.7. The van der Waals surface area contributed by atoms with Crippen molar-refractivity contribution in [2.24, 2.45) is 0 Å². The lowest BCUT2D eigenvalue weighted by Gasteiger charge is -2.12. The van der Waals surface area contributed by atoms with Crippen LogP contribution in [0.4, 0.5) is 0 Å². The molecule has 0 fully saturated rings. The summed E-state index contributed by atoms with van der Waals surface area (Å²) in [4.78, 5) is 14.2. The Morgan fingerprint density at radius 1 is 0.969 bits per heavy atom. The summed E-state index contributed by atoms with van der Waals surface area (Å²) in [5.41, 5.74) is 4.24. The summed E-state index contributed by atoms with van der Waals surface area (Å²) >= 11 is 6.95. The molecule has 1 aromatic heterocycles. The lowest BCUT2D eigenvalue weighted by Crippen LogP contribution is -2.09. The fraction of sp³-hybridized carbons (Fsp3) is 0.125. The molecule has 0 aliphatic carbocycles. The van der Waals surface area contributed by atoms with Gasteiger partial charge in [-0.25, -0.2) is 4.79 Å². The number of ether oxygens (including phenoxy) is 3. The summed E-state index contributed by atoms with van der Waals surface area (Å²) in [6.45, 7) is 1.65. The van der Waals surface area contributed by atoms with Gasteiger partial charge in [0, 0.05) is 16.6 Å². The number of methoxy groups -OCH3 is 1. The average molecular weight is 561 g/mol. The number of hydrogen-bond acceptors (Lipinski definition) is 4. The maximum Gasteiger partial charge on any atom is 0.341 e. The Morgan fingerprint density at radius 2 is 1.62 bits per heavy atom. The highest BCUT2D eigenvalue weighted by Crippen LogP contribution is 2.41. The molecular formula is C24H19Br2NO5. The van der Waals surface area contributed by atoms with E-state index in [1.807, 2.05) is 42.5 Å². The van der Waals surface area contributed by atoms with E-state index < -0.39 is 12.6 Å². The summed E-state index contributed by atoms with van der Waals surface area (Å²) in [6, 6.07) is 17.1. The van der Waals surface area contributed by atoms with Gasteiger partial charge in [-0.15, -0.1) is 0 Å². The minimum Gasteiger partial charge on any atom is -0.497 e. The van der Waals surface area contributed by atoms with E-state index in [1.165, 1.54) is 0 Å². The van der Waals surface area contributed by atoms with Crippen molar-refractivity contribution in [3.8, 4) is 34.3 Å². The highest BCUT2D eigenvalue weighted by atomic mass is 79.9. The number of rotatable bonds is 7. The third-order valence-electron chi connectivity index (χ3n) is 4.96. The van der Waals surface area contributed by atoms with Crippen molar-refractivity contribution in [3.63, 3.8) is 0 Å². The van der Waals surface area contributed by atoms with Crippen molar-refractivity contribution in [2.45, 2.75) is 6.92 Å². The zero-order chi connectivity index (χ0) is 22.8. The number of fused-ring (bicyclic) bond motifs is 1. The molecule has 0 atom stereocenters. The first-order valence-electron chi connectivity index (χ1n) is 9.64. The van der Waals surface area contributed by atoms with Crippen LogP contribution in [0.5, 0.6) is 23.0 Å². The van der Waals surface area contributed by atoms with E-state index in [4.69, 9.17) is 19.3 Å². The van der Waals surface area contributed by atoms with E-state index in [1.54, 1.807) is 19.2 Å². The number of carboxylic acids is 1. The molecule has 2 N–H and O–H groups in total. The number of benzene rings is 3. The monoisotopic (exact) mass is 559 g/mol. The van der Waals surface area contributed by atoms with Crippen molar-refractivity contribution >= 4 is 48.7 Å². The van der Waals surface area contributed by atoms with Gasteiger partial charge in [-0.3, -0.25) is 0 Å². The Bertz CT molecular complexity index is 1270. The van der Waals surface area contributed by atoms with Gasteiger partial charge in [-0.05, 0) is 105 Å². The van der Waals surface area contributed by atoms with Crippen molar-refractivity contribution in [1.82, 2.24) is 4.98 Å². The van der Waals surface area contributed by atoms with Crippen molar-refractivity contribution < 1.29 is 24.1 Å². The quantitative estimate of drug-likeness (QED) is 0.256. The lowest BCUT2D eigenvalue weighted by atomic mass is 10.1. The predicted octanol–water partition coefficient (Wildman–Crippen LogP) is 6.93. The van der Waals surface area contributed by atoms with Crippen LogP contribution in [-0.2, 0) is 4.79 Å². The number of nitrogens with one attached hydrogen (secondary N) is 1. The second-order valence-corrected chi connectivity index (χ2v) is 8.77. The molecule has 8 heteroatoms. The molecule has 0 radical (unpaired) electrons. The van der Waals surface area contributed by atoms with Gasteiger partial charge in [0.15, 0.2) is 12.4 Å². The van der Waals surface area contributed by atoms with Crippen LogP contribution in [0.3, 0.4) is 0 Å². The molecule has 0 unspecified atom stereocenters. The first-order chi connectivity index (χ1) is 15.4. The Balaban J connectivity index is 1.63. The maximum absolute atomic E-state index is 10.7. The van der Waals surface area contributed by atoms with E-state index in [2.05, 4.69) is 43.8 Å². The SMILES string of the molecule is COc1ccc(-c2[nH]c3ccc(Oc4c(Br)cc(OCC(=O)O)cc4Br)cc3c2C)cc1. The molecule has 164 valence electrons. The molecule has 0 bridgehead atoms. The third kappa shape index (κ3) is 4.61. The highest BCUT2D eigenvalue weighted by Gasteiger charge is 2.14. The van der Waals surface area contributed by atoms with Gasteiger partial charge in [0.2, 0.25) is 0 Å². The number of aliphatic carboxylic acids is 1. The second-order valence-electron chi connectivity index (χ2n) is 7.06. The van der Waals surface area contributed by atoms with Crippen LogP contribution in [0.2, 0.25) is 0 Å². The molecule has 4 rings (SSSR count). The smallest absolute Gasteiger partial charge is 0.341 e. The van der Waals surface area contributed by atoms with Crippen LogP contribution in [0.15, 0.2) is 63.5 Å². The largest absolute Gasteiger partial charge is 0.497 e. The van der Waals surface area contributed by atoms with Gasteiger partial charge in [0.05, 0.1) is 16.1 Å². The van der Waals surface area contributed by atoms with E-state index in [0.29, 0.717) is 26.2 Å². The summed E-state index contributed by atoms with van der Waals surface area (Å²) in [7, 11) is 1.65. The highest BCUT2D eigenvalue weighted by molar-refractivity contribution is 9.11. The molecule has 3 aromatic carbocycles. The number of aryl methyl sites for hydroxylation is 1. The molecule has 32 heavy (non-hydrogen) atoms. The minimum atomic E-state index is -1.04. The Labute approximate surface area is 201 Å². The summed E-state index contributed by atoms with van der Waals surface area (Å²) in [5.74, 6) is 1.42. The molecule has 4 aromatic rings. The van der Waals surface area contributed by atoms with Gasteiger partial charge < -0.3 is 24.3 Å². The molecule has 0 saturated heterocycles. The van der Waals surface area contributed by atoms with E-state index >= 15 is 0 Å². The Morgan fingerprint density at radius 3 is 2.25 bits per heavy atom. The van der Waals surface area contributed by atoms with Gasteiger partial charge in [0.25, 0.3) is 0 Å². The Hall–Kier alpha value is -2.97. The molecule has 0 aliphatic heterocycles. The lowest BCUT2D eigenvalue weighted by molar-refractivity contribution is -0.139. The van der Waals surface area contributed by atoms with E-state index in [9.17, 15) is 4.79 Å². The number of halogens is 2. The standard InChI is InChI=1S/C24H19Br2NO5/c1-13-18-9-16(32-24-19(25)10-17(11-20(24)26)31-12-22(28)29)7-8-21(18)27-23(13)14-3-5-15(30-2)6-4-14/h3-11,27H,12H2,1-2H3,(H,28,29). The number of H-pyrrole nitrogens is 1. The number of carbonyl (C=O) groups is 1. The number of carboxylic acid groups (broad SMARTS) is 1. The van der Waals surface area contributed by atoms with Gasteiger partial charge in [-0.2, -0.15) is 0 Å². The number of aromatic nitrogens is 1. The zero-order valence-electron chi connectivity index (χ0n) is 17.2. The van der Waals surface area contributed by atoms with Crippen LogP contribution in [0.1, 0.15) is 5.56 Å².